The van der Waals surface area contributed by atoms with Crippen LogP contribution in [0.15, 0.2) is 30.5 Å². The molecule has 0 amide bonds. The van der Waals surface area contributed by atoms with Crippen molar-refractivity contribution in [3.05, 3.63) is 36.0 Å². The van der Waals surface area contributed by atoms with Crippen LogP contribution < -0.4 is 10.2 Å². The Hall–Kier alpha value is -2.76. The number of rotatable bonds is 5. The Morgan fingerprint density at radius 1 is 1.19 bits per heavy atom. The van der Waals surface area contributed by atoms with Crippen LogP contribution >= 0.6 is 0 Å². The molecule has 3 heterocycles. The van der Waals surface area contributed by atoms with Gasteiger partial charge in [0.25, 0.3) is 0 Å². The molecule has 12 heteroatoms. The van der Waals surface area contributed by atoms with Crippen molar-refractivity contribution in [1.82, 2.24) is 19.7 Å². The molecule has 5 rings (SSSR count). The van der Waals surface area contributed by atoms with Gasteiger partial charge in [0, 0.05) is 28.3 Å². The van der Waals surface area contributed by atoms with Crippen molar-refractivity contribution in [2.45, 2.75) is 36.5 Å². The maximum Gasteiger partial charge on any atom is 0.416 e. The quantitative estimate of drug-likeness (QED) is 0.579. The second kappa shape index (κ2) is 7.68. The summed E-state index contributed by atoms with van der Waals surface area (Å²) in [6.45, 7) is 0.362. The smallest absolute Gasteiger partial charge is 0.351 e. The van der Waals surface area contributed by atoms with Crippen LogP contribution in [-0.4, -0.2) is 60.8 Å². The summed E-state index contributed by atoms with van der Waals surface area (Å²) in [5, 5.41) is 8.12. The average molecular weight is 468 g/mol. The number of fused-ring (bicyclic) bond motifs is 1. The van der Waals surface area contributed by atoms with Crippen molar-refractivity contribution in [3.63, 3.8) is 0 Å². The fourth-order valence-electron chi connectivity index (χ4n) is 3.94. The minimum atomic E-state index is -4.49. The van der Waals surface area contributed by atoms with Gasteiger partial charge in [-0.25, -0.2) is 9.07 Å². The van der Waals surface area contributed by atoms with Gasteiger partial charge in [-0.15, -0.1) is 0 Å². The van der Waals surface area contributed by atoms with E-state index in [-0.39, 0.29) is 36.0 Å². The van der Waals surface area contributed by atoms with E-state index in [9.17, 15) is 21.8 Å². The summed E-state index contributed by atoms with van der Waals surface area (Å²) in [5.74, 6) is 0.772. The normalized spacial score (nSPS) is 22.5. The third kappa shape index (κ3) is 3.80. The van der Waals surface area contributed by atoms with E-state index >= 15 is 0 Å². The first-order valence-electron chi connectivity index (χ1n) is 10.1. The highest BCUT2D eigenvalue weighted by Gasteiger charge is 2.34. The molecule has 2 aliphatic rings. The molecule has 32 heavy (non-hydrogen) atoms. The molecule has 1 unspecified atom stereocenters. The number of nitrogens with zero attached hydrogens (tertiary/aromatic N) is 5. The number of anilines is 2. The van der Waals surface area contributed by atoms with Gasteiger partial charge >= 0.3 is 6.18 Å². The molecular weight excluding hydrogens is 448 g/mol. The summed E-state index contributed by atoms with van der Waals surface area (Å²) in [4.78, 5) is 10.8. The topological polar surface area (TPSA) is 75.9 Å². The molecule has 0 radical (unpaired) electrons. The largest absolute Gasteiger partial charge is 0.416 e. The van der Waals surface area contributed by atoms with Crippen LogP contribution in [-0.2, 0) is 17.0 Å². The zero-order chi connectivity index (χ0) is 22.6. The minimum absolute atomic E-state index is 0.0458. The molecule has 1 N–H and O–H groups in total. The molecule has 0 bridgehead atoms. The monoisotopic (exact) mass is 468 g/mol. The molecule has 3 aromatic rings. The number of aromatic nitrogens is 4. The van der Waals surface area contributed by atoms with Crippen molar-refractivity contribution in [3.8, 4) is 5.69 Å². The van der Waals surface area contributed by atoms with E-state index in [1.807, 2.05) is 0 Å². The standard InChI is InChI=1S/C20H20F4N6OS/c1-32(31)15-6-13(7-15)26-19-27-17(29-9-12(21)10-29)16-8-25-30(18(16)28-19)14-4-2-3-11(5-14)20(22,23)24/h2-5,8,12-13,15H,6-7,9-10H2,1H3,(H,26,27,28). The zero-order valence-corrected chi connectivity index (χ0v) is 17.8. The molecule has 170 valence electrons. The van der Waals surface area contributed by atoms with Crippen molar-refractivity contribution in [2.24, 2.45) is 0 Å². The van der Waals surface area contributed by atoms with Gasteiger partial charge < -0.3 is 10.2 Å². The van der Waals surface area contributed by atoms with Gasteiger partial charge in [0.15, 0.2) is 5.65 Å². The predicted octanol–water partition coefficient (Wildman–Crippen LogP) is 3.31. The van der Waals surface area contributed by atoms with E-state index in [1.165, 1.54) is 23.0 Å². The molecule has 7 nitrogen and oxygen atoms in total. The van der Waals surface area contributed by atoms with Crippen LogP contribution in [0.2, 0.25) is 0 Å². The van der Waals surface area contributed by atoms with Gasteiger partial charge in [-0.05, 0) is 31.0 Å². The Balaban J connectivity index is 1.54. The molecule has 1 aromatic carbocycles. The van der Waals surface area contributed by atoms with Crippen LogP contribution in [0.25, 0.3) is 16.7 Å². The number of hydrogen-bond acceptors (Lipinski definition) is 6. The van der Waals surface area contributed by atoms with E-state index in [0.717, 1.165) is 12.1 Å². The lowest BCUT2D eigenvalue weighted by atomic mass is 9.92. The Morgan fingerprint density at radius 2 is 1.94 bits per heavy atom. The molecular formula is C20H20F4N6OS. The van der Waals surface area contributed by atoms with Gasteiger partial charge in [0.2, 0.25) is 5.95 Å². The van der Waals surface area contributed by atoms with E-state index in [1.54, 1.807) is 11.2 Å². The number of hydrogen-bond donors (Lipinski definition) is 1. The Kier molecular flexibility index (Phi) is 5.06. The minimum Gasteiger partial charge on any atom is -0.351 e. The van der Waals surface area contributed by atoms with Gasteiger partial charge in [-0.2, -0.15) is 28.2 Å². The lowest BCUT2D eigenvalue weighted by Crippen LogP contribution is -2.49. The number of alkyl halides is 4. The third-order valence-corrected chi connectivity index (χ3v) is 7.18. The second-order valence-corrected chi connectivity index (χ2v) is 9.81. The first kappa shape index (κ1) is 21.1. The predicted molar refractivity (Wildman–Crippen MR) is 113 cm³/mol. The van der Waals surface area contributed by atoms with E-state index in [4.69, 9.17) is 0 Å². The number of benzene rings is 1. The summed E-state index contributed by atoms with van der Waals surface area (Å²) in [5.41, 5.74) is -0.251. The van der Waals surface area contributed by atoms with Gasteiger partial charge in [0.05, 0.1) is 35.9 Å². The van der Waals surface area contributed by atoms with Crippen LogP contribution in [0.1, 0.15) is 18.4 Å². The van der Waals surface area contributed by atoms with Crippen LogP contribution in [0.5, 0.6) is 0 Å². The maximum atomic E-state index is 13.5. The van der Waals surface area contributed by atoms with Crippen molar-refractivity contribution in [1.29, 1.82) is 0 Å². The summed E-state index contributed by atoms with van der Waals surface area (Å²) in [6.07, 6.45) is -0.861. The van der Waals surface area contributed by atoms with E-state index in [0.29, 0.717) is 29.7 Å². The molecule has 1 aliphatic carbocycles. The molecule has 1 atom stereocenters. The highest BCUT2D eigenvalue weighted by Crippen LogP contribution is 2.34. The Morgan fingerprint density at radius 3 is 2.59 bits per heavy atom. The molecule has 0 spiro atoms. The summed E-state index contributed by atoms with van der Waals surface area (Å²) < 4.78 is 66.0. The summed E-state index contributed by atoms with van der Waals surface area (Å²) in [7, 11) is -0.901. The number of nitrogens with one attached hydrogen (secondary N) is 1. The SMILES string of the molecule is CS(=O)C1CC(Nc2nc(N3CC(F)C3)c3cnn(-c4cccc(C(F)(F)F)c4)c3n2)C1. The van der Waals surface area contributed by atoms with Gasteiger partial charge in [0.1, 0.15) is 12.0 Å². The molecule has 2 aromatic heterocycles. The van der Waals surface area contributed by atoms with E-state index in [2.05, 4.69) is 20.4 Å². The van der Waals surface area contributed by atoms with Crippen molar-refractivity contribution < 1.29 is 21.8 Å². The Bertz CT molecular complexity index is 1190. The highest BCUT2D eigenvalue weighted by atomic mass is 32.2. The fourth-order valence-corrected chi connectivity index (χ4v) is 4.94. The zero-order valence-electron chi connectivity index (χ0n) is 17.0. The van der Waals surface area contributed by atoms with E-state index < -0.39 is 28.7 Å². The van der Waals surface area contributed by atoms with Crippen molar-refractivity contribution >= 4 is 33.6 Å². The maximum absolute atomic E-state index is 13.5. The lowest BCUT2D eigenvalue weighted by Gasteiger charge is -2.36. The molecule has 1 saturated heterocycles. The first-order valence-corrected chi connectivity index (χ1v) is 11.7. The van der Waals surface area contributed by atoms with Crippen LogP contribution in [0.4, 0.5) is 29.3 Å². The first-order chi connectivity index (χ1) is 15.2. The molecule has 1 aliphatic heterocycles. The van der Waals surface area contributed by atoms with Gasteiger partial charge in [-0.1, -0.05) is 6.07 Å². The fraction of sp³-hybridized carbons (Fsp3) is 0.450. The average Bonchev–Trinajstić information content (AvgIpc) is 3.10. The summed E-state index contributed by atoms with van der Waals surface area (Å²) >= 11 is 0. The molecule has 2 fully saturated rings. The lowest BCUT2D eigenvalue weighted by molar-refractivity contribution is -0.137. The van der Waals surface area contributed by atoms with Crippen molar-refractivity contribution in [2.75, 3.05) is 29.6 Å². The Labute approximate surface area is 183 Å². The number of halogens is 4. The third-order valence-electron chi connectivity index (χ3n) is 5.86. The van der Waals surface area contributed by atoms with Gasteiger partial charge in [-0.3, -0.25) is 4.21 Å². The highest BCUT2D eigenvalue weighted by molar-refractivity contribution is 7.84. The van der Waals surface area contributed by atoms with Crippen LogP contribution in [0, 0.1) is 0 Å². The summed E-state index contributed by atoms with van der Waals surface area (Å²) in [6, 6.07) is 4.88. The van der Waals surface area contributed by atoms with Crippen LogP contribution in [0.3, 0.4) is 0 Å². The second-order valence-electron chi connectivity index (χ2n) is 8.15. The molecule has 1 saturated carbocycles.